The van der Waals surface area contributed by atoms with E-state index in [0.29, 0.717) is 16.1 Å². The van der Waals surface area contributed by atoms with Crippen molar-refractivity contribution in [3.63, 3.8) is 0 Å². The third-order valence-electron chi connectivity index (χ3n) is 3.27. The molecule has 0 bridgehead atoms. The third kappa shape index (κ3) is 3.52. The van der Waals surface area contributed by atoms with Crippen LogP contribution in [0.2, 0.25) is 0 Å². The predicted molar refractivity (Wildman–Crippen MR) is 88.7 cm³/mol. The van der Waals surface area contributed by atoms with Crippen molar-refractivity contribution in [3.05, 3.63) is 52.6 Å². The number of ether oxygens (including phenoxy) is 1. The Morgan fingerprint density at radius 3 is 2.65 bits per heavy atom. The number of hydrogen-bond donors (Lipinski definition) is 0. The zero-order valence-electron chi connectivity index (χ0n) is 12.7. The molecule has 0 aliphatic rings. The van der Waals surface area contributed by atoms with Gasteiger partial charge >= 0.3 is 0 Å². The van der Waals surface area contributed by atoms with Crippen LogP contribution in [0.4, 0.5) is 8.78 Å². The molecule has 0 aliphatic heterocycles. The maximum atomic E-state index is 13.7. The Morgan fingerprint density at radius 1 is 1.17 bits per heavy atom. The number of benzene rings is 2. The molecule has 1 aromatic heterocycles. The SMILES string of the molecule is CC(C)Cn1cc2cc(Oc3ccc(F)cc3F)c(Br)cc2n1. The Bertz CT molecular complexity index is 861. The van der Waals surface area contributed by atoms with Crippen LogP contribution >= 0.6 is 15.9 Å². The lowest BCUT2D eigenvalue weighted by Crippen LogP contribution is -2.04. The van der Waals surface area contributed by atoms with E-state index >= 15 is 0 Å². The summed E-state index contributed by atoms with van der Waals surface area (Å²) in [6.45, 7) is 5.05. The molecule has 0 spiro atoms. The summed E-state index contributed by atoms with van der Waals surface area (Å²) in [5, 5.41) is 5.39. The fraction of sp³-hybridized carbons (Fsp3) is 0.235. The van der Waals surface area contributed by atoms with Gasteiger partial charge in [0.2, 0.25) is 0 Å². The standard InChI is InChI=1S/C17H15BrF2N2O/c1-10(2)8-22-9-11-5-17(13(18)7-15(11)21-22)23-16-4-3-12(19)6-14(16)20/h3-7,9-10H,8H2,1-2H3. The fourth-order valence-electron chi connectivity index (χ4n) is 2.30. The average molecular weight is 381 g/mol. The number of halogens is 3. The molecular weight excluding hydrogens is 366 g/mol. The molecule has 0 radical (unpaired) electrons. The molecule has 1 heterocycles. The number of hydrogen-bond acceptors (Lipinski definition) is 2. The van der Waals surface area contributed by atoms with Crippen molar-refractivity contribution < 1.29 is 13.5 Å². The number of rotatable bonds is 4. The van der Waals surface area contributed by atoms with Crippen LogP contribution in [-0.4, -0.2) is 9.78 Å². The first-order chi connectivity index (χ1) is 10.9. The maximum absolute atomic E-state index is 13.7. The molecule has 120 valence electrons. The second-order valence-electron chi connectivity index (χ2n) is 5.76. The Labute approximate surface area is 141 Å². The first-order valence-corrected chi connectivity index (χ1v) is 8.01. The van der Waals surface area contributed by atoms with Crippen molar-refractivity contribution in [2.45, 2.75) is 20.4 Å². The van der Waals surface area contributed by atoms with Gasteiger partial charge in [-0.25, -0.2) is 8.78 Å². The predicted octanol–water partition coefficient (Wildman–Crippen LogP) is 5.53. The Balaban J connectivity index is 1.95. The third-order valence-corrected chi connectivity index (χ3v) is 3.89. The highest BCUT2D eigenvalue weighted by molar-refractivity contribution is 9.10. The molecule has 3 nitrogen and oxygen atoms in total. The van der Waals surface area contributed by atoms with E-state index in [0.717, 1.165) is 29.6 Å². The largest absolute Gasteiger partial charge is 0.453 e. The molecule has 6 heteroatoms. The van der Waals surface area contributed by atoms with Gasteiger partial charge in [0.25, 0.3) is 0 Å². The lowest BCUT2D eigenvalue weighted by molar-refractivity contribution is 0.436. The molecule has 2 aromatic carbocycles. The van der Waals surface area contributed by atoms with Crippen LogP contribution in [0.3, 0.4) is 0 Å². The minimum Gasteiger partial charge on any atom is -0.453 e. The van der Waals surface area contributed by atoms with Gasteiger partial charge in [-0.2, -0.15) is 5.10 Å². The fourth-order valence-corrected chi connectivity index (χ4v) is 2.71. The number of nitrogens with zero attached hydrogens (tertiary/aromatic N) is 2. The zero-order valence-corrected chi connectivity index (χ0v) is 14.3. The molecule has 0 saturated heterocycles. The van der Waals surface area contributed by atoms with Gasteiger partial charge in [0.1, 0.15) is 11.6 Å². The van der Waals surface area contributed by atoms with E-state index in [1.165, 1.54) is 6.07 Å². The number of fused-ring (bicyclic) bond motifs is 1. The van der Waals surface area contributed by atoms with Gasteiger partial charge in [0, 0.05) is 24.2 Å². The maximum Gasteiger partial charge on any atom is 0.168 e. The average Bonchev–Trinajstić information content (AvgIpc) is 2.82. The van der Waals surface area contributed by atoms with Crippen molar-refractivity contribution in [1.29, 1.82) is 0 Å². The van der Waals surface area contributed by atoms with Crippen molar-refractivity contribution in [3.8, 4) is 11.5 Å². The lowest BCUT2D eigenvalue weighted by Gasteiger charge is -2.08. The van der Waals surface area contributed by atoms with Crippen LogP contribution in [0.5, 0.6) is 11.5 Å². The highest BCUT2D eigenvalue weighted by Gasteiger charge is 2.12. The monoisotopic (exact) mass is 380 g/mol. The summed E-state index contributed by atoms with van der Waals surface area (Å²) >= 11 is 3.40. The van der Waals surface area contributed by atoms with Crippen LogP contribution < -0.4 is 4.74 Å². The second-order valence-corrected chi connectivity index (χ2v) is 6.62. The van der Waals surface area contributed by atoms with E-state index in [2.05, 4.69) is 34.9 Å². The normalized spacial score (nSPS) is 11.4. The summed E-state index contributed by atoms with van der Waals surface area (Å²) in [6.07, 6.45) is 1.93. The highest BCUT2D eigenvalue weighted by atomic mass is 79.9. The van der Waals surface area contributed by atoms with E-state index in [1.54, 1.807) is 6.07 Å². The summed E-state index contributed by atoms with van der Waals surface area (Å²) in [7, 11) is 0. The Morgan fingerprint density at radius 2 is 1.96 bits per heavy atom. The van der Waals surface area contributed by atoms with Crippen LogP contribution in [0, 0.1) is 17.6 Å². The molecule has 0 aliphatic carbocycles. The molecule has 0 fully saturated rings. The smallest absolute Gasteiger partial charge is 0.168 e. The Hall–Kier alpha value is -1.95. The van der Waals surface area contributed by atoms with Crippen LogP contribution in [0.1, 0.15) is 13.8 Å². The van der Waals surface area contributed by atoms with Crippen LogP contribution in [-0.2, 0) is 6.54 Å². The topological polar surface area (TPSA) is 27.1 Å². The lowest BCUT2D eigenvalue weighted by atomic mass is 10.2. The van der Waals surface area contributed by atoms with E-state index in [4.69, 9.17) is 4.74 Å². The van der Waals surface area contributed by atoms with Gasteiger partial charge in [-0.05, 0) is 46.1 Å². The minimum atomic E-state index is -0.743. The van der Waals surface area contributed by atoms with Gasteiger partial charge in [-0.3, -0.25) is 4.68 Å². The molecule has 0 unspecified atom stereocenters. The first-order valence-electron chi connectivity index (χ1n) is 7.22. The zero-order chi connectivity index (χ0) is 16.6. The molecule has 0 atom stereocenters. The van der Waals surface area contributed by atoms with Crippen LogP contribution in [0.15, 0.2) is 41.0 Å². The van der Waals surface area contributed by atoms with E-state index < -0.39 is 11.6 Å². The van der Waals surface area contributed by atoms with E-state index in [-0.39, 0.29) is 5.75 Å². The summed E-state index contributed by atoms with van der Waals surface area (Å²) in [5.41, 5.74) is 0.824. The van der Waals surface area contributed by atoms with Gasteiger partial charge in [0.05, 0.1) is 9.99 Å². The summed E-state index contributed by atoms with van der Waals surface area (Å²) in [4.78, 5) is 0. The van der Waals surface area contributed by atoms with Gasteiger partial charge < -0.3 is 4.74 Å². The van der Waals surface area contributed by atoms with Crippen LogP contribution in [0.25, 0.3) is 10.9 Å². The van der Waals surface area contributed by atoms with Gasteiger partial charge in [-0.1, -0.05) is 13.8 Å². The van der Waals surface area contributed by atoms with Crippen molar-refractivity contribution in [2.75, 3.05) is 0 Å². The molecule has 3 aromatic rings. The minimum absolute atomic E-state index is 0.0268. The molecule has 0 saturated carbocycles. The first kappa shape index (κ1) is 15.9. The van der Waals surface area contributed by atoms with Crippen molar-refractivity contribution >= 4 is 26.8 Å². The molecule has 23 heavy (non-hydrogen) atoms. The van der Waals surface area contributed by atoms with Crippen molar-refractivity contribution in [1.82, 2.24) is 9.78 Å². The number of aromatic nitrogens is 2. The highest BCUT2D eigenvalue weighted by Crippen LogP contribution is 2.34. The van der Waals surface area contributed by atoms with Crippen molar-refractivity contribution in [2.24, 2.45) is 5.92 Å². The van der Waals surface area contributed by atoms with Gasteiger partial charge in [-0.15, -0.1) is 0 Å². The molecule has 0 amide bonds. The second kappa shape index (κ2) is 6.28. The van der Waals surface area contributed by atoms with Gasteiger partial charge in [0.15, 0.2) is 11.6 Å². The summed E-state index contributed by atoms with van der Waals surface area (Å²) in [5.74, 6) is -0.475. The summed E-state index contributed by atoms with van der Waals surface area (Å²) in [6, 6.07) is 6.83. The molecular formula is C17H15BrF2N2O. The Kier molecular flexibility index (Phi) is 4.35. The molecule has 0 N–H and O–H groups in total. The van der Waals surface area contributed by atoms with E-state index in [9.17, 15) is 8.78 Å². The quantitative estimate of drug-likeness (QED) is 0.595. The van der Waals surface area contributed by atoms with E-state index in [1.807, 2.05) is 16.9 Å². The molecule has 3 rings (SSSR count). The summed E-state index contributed by atoms with van der Waals surface area (Å²) < 4.78 is 34.8.